The zero-order chi connectivity index (χ0) is 13.0. The average molecular weight is 305 g/mol. The second-order valence-corrected chi connectivity index (χ2v) is 4.77. The van der Waals surface area contributed by atoms with Gasteiger partial charge in [0.05, 0.1) is 5.90 Å². The zero-order valence-corrected chi connectivity index (χ0v) is 11.6. The molecule has 2 aromatic rings. The molecule has 92 valence electrons. The van der Waals surface area contributed by atoms with E-state index in [9.17, 15) is 5.11 Å². The molecular formula is C14H13BrN2O. The molecule has 0 spiro atoms. The van der Waals surface area contributed by atoms with Crippen LogP contribution in [0.5, 0.6) is 0 Å². The summed E-state index contributed by atoms with van der Waals surface area (Å²) in [5.41, 5.74) is 1.79. The maximum atomic E-state index is 11.9. The van der Waals surface area contributed by atoms with Crippen LogP contribution in [-0.2, 0) is 6.42 Å². The number of halogens is 1. The van der Waals surface area contributed by atoms with Crippen LogP contribution in [0.1, 0.15) is 18.1 Å². The summed E-state index contributed by atoms with van der Waals surface area (Å²) in [5, 5.41) is 15.9. The van der Waals surface area contributed by atoms with E-state index in [4.69, 9.17) is 0 Å². The fourth-order valence-electron chi connectivity index (χ4n) is 1.51. The minimum Gasteiger partial charge on any atom is -0.854 e. The van der Waals surface area contributed by atoms with E-state index in [1.54, 1.807) is 24.5 Å². The number of hydrogen-bond acceptors (Lipinski definition) is 2. The Hall–Kier alpha value is -1.68. The van der Waals surface area contributed by atoms with E-state index in [0.717, 1.165) is 10.9 Å². The van der Waals surface area contributed by atoms with Crippen molar-refractivity contribution < 1.29 is 9.78 Å². The highest BCUT2D eigenvalue weighted by molar-refractivity contribution is 9.10. The summed E-state index contributed by atoms with van der Waals surface area (Å²) in [6.45, 7) is 2.09. The van der Waals surface area contributed by atoms with Crippen molar-refractivity contribution in [2.75, 3.05) is 0 Å². The fraction of sp³-hybridized carbons (Fsp3) is 0.143. The highest BCUT2D eigenvalue weighted by Crippen LogP contribution is 2.09. The van der Waals surface area contributed by atoms with Crippen LogP contribution >= 0.6 is 15.9 Å². The van der Waals surface area contributed by atoms with Crippen LogP contribution in [0.2, 0.25) is 0 Å². The van der Waals surface area contributed by atoms with Gasteiger partial charge in [-0.3, -0.25) is 0 Å². The maximum Gasteiger partial charge on any atom is 0.202 e. The lowest BCUT2D eigenvalue weighted by molar-refractivity contribution is -0.681. The quantitative estimate of drug-likeness (QED) is 0.485. The smallest absolute Gasteiger partial charge is 0.202 e. The Morgan fingerprint density at radius 3 is 2.33 bits per heavy atom. The van der Waals surface area contributed by atoms with Gasteiger partial charge in [0.1, 0.15) is 0 Å². The van der Waals surface area contributed by atoms with Crippen molar-refractivity contribution in [2.45, 2.75) is 13.3 Å². The molecule has 0 aliphatic rings. The van der Waals surface area contributed by atoms with E-state index in [0.29, 0.717) is 5.56 Å². The second-order valence-electron chi connectivity index (χ2n) is 3.85. The van der Waals surface area contributed by atoms with Crippen LogP contribution in [-0.4, -0.2) is 5.90 Å². The van der Waals surface area contributed by atoms with Crippen LogP contribution in [0.25, 0.3) is 0 Å². The van der Waals surface area contributed by atoms with E-state index >= 15 is 0 Å². The number of aryl methyl sites for hydroxylation is 1. The van der Waals surface area contributed by atoms with Crippen molar-refractivity contribution in [3.8, 4) is 0 Å². The summed E-state index contributed by atoms with van der Waals surface area (Å²) in [6, 6.07) is 11.1. The monoisotopic (exact) mass is 304 g/mol. The minimum atomic E-state index is -0.253. The number of pyridine rings is 1. The molecule has 0 aliphatic carbocycles. The molecule has 0 amide bonds. The van der Waals surface area contributed by atoms with Crippen LogP contribution in [0.3, 0.4) is 0 Å². The van der Waals surface area contributed by atoms with Gasteiger partial charge in [-0.05, 0) is 34.8 Å². The number of hydrogen-bond donors (Lipinski definition) is 0. The molecule has 2 rings (SSSR count). The van der Waals surface area contributed by atoms with Crippen molar-refractivity contribution in [1.29, 1.82) is 0 Å². The Morgan fingerprint density at radius 2 is 1.78 bits per heavy atom. The maximum absolute atomic E-state index is 11.9. The minimum absolute atomic E-state index is 0.253. The molecule has 0 bridgehead atoms. The number of benzene rings is 1. The summed E-state index contributed by atoms with van der Waals surface area (Å²) in [4.78, 5) is 0. The molecule has 4 heteroatoms. The Bertz CT molecular complexity index is 547. The molecule has 1 heterocycles. The first-order valence-corrected chi connectivity index (χ1v) is 6.50. The first-order chi connectivity index (χ1) is 8.69. The third-order valence-corrected chi connectivity index (χ3v) is 3.12. The lowest BCUT2D eigenvalue weighted by Crippen LogP contribution is -2.33. The first-order valence-electron chi connectivity index (χ1n) is 5.71. The number of rotatable bonds is 3. The molecule has 0 saturated carbocycles. The van der Waals surface area contributed by atoms with Gasteiger partial charge in [0, 0.05) is 16.6 Å². The topological polar surface area (TPSA) is 39.3 Å². The van der Waals surface area contributed by atoms with Gasteiger partial charge in [-0.15, -0.1) is 0 Å². The van der Waals surface area contributed by atoms with Gasteiger partial charge >= 0.3 is 0 Å². The molecule has 1 aromatic carbocycles. The molecule has 0 saturated heterocycles. The average Bonchev–Trinajstić information content (AvgIpc) is 2.40. The Labute approximate surface area is 115 Å². The van der Waals surface area contributed by atoms with Crippen LogP contribution < -0.4 is 9.78 Å². The molecule has 0 unspecified atom stereocenters. The Kier molecular flexibility index (Phi) is 4.10. The van der Waals surface area contributed by atoms with E-state index in [1.807, 2.05) is 24.3 Å². The standard InChI is InChI=1S/C14H13BrN2O/c1-2-11-7-9-17(10-8-11)16-14(18)12-3-5-13(15)6-4-12/h3-10H,2H2,1H3. The summed E-state index contributed by atoms with van der Waals surface area (Å²) in [5.74, 6) is -0.253. The van der Waals surface area contributed by atoms with E-state index in [-0.39, 0.29) is 5.90 Å². The highest BCUT2D eigenvalue weighted by atomic mass is 79.9. The zero-order valence-electron chi connectivity index (χ0n) is 10.0. The van der Waals surface area contributed by atoms with Crippen LogP contribution in [0.15, 0.2) is 58.4 Å². The van der Waals surface area contributed by atoms with Crippen LogP contribution in [0, 0.1) is 0 Å². The Balaban J connectivity index is 2.23. The molecule has 0 fully saturated rings. The van der Waals surface area contributed by atoms with Crippen molar-refractivity contribution in [2.24, 2.45) is 5.10 Å². The predicted molar refractivity (Wildman–Crippen MR) is 72.1 cm³/mol. The van der Waals surface area contributed by atoms with Gasteiger partial charge in [0.2, 0.25) is 12.4 Å². The highest BCUT2D eigenvalue weighted by Gasteiger charge is 1.99. The molecule has 1 aromatic heterocycles. The van der Waals surface area contributed by atoms with Crippen molar-refractivity contribution in [3.05, 3.63) is 64.4 Å². The van der Waals surface area contributed by atoms with Crippen LogP contribution in [0.4, 0.5) is 0 Å². The third-order valence-electron chi connectivity index (χ3n) is 2.59. The van der Waals surface area contributed by atoms with Gasteiger partial charge in [-0.1, -0.05) is 39.7 Å². The summed E-state index contributed by atoms with van der Waals surface area (Å²) in [6.07, 6.45) is 4.55. The third kappa shape index (κ3) is 3.17. The molecule has 18 heavy (non-hydrogen) atoms. The lowest BCUT2D eigenvalue weighted by Gasteiger charge is -2.06. The molecule has 3 nitrogen and oxygen atoms in total. The number of nitrogens with zero attached hydrogens (tertiary/aromatic N) is 2. The van der Waals surface area contributed by atoms with E-state index in [2.05, 4.69) is 28.0 Å². The van der Waals surface area contributed by atoms with Gasteiger partial charge in [-0.2, -0.15) is 0 Å². The first kappa shape index (κ1) is 12.8. The molecule has 0 N–H and O–H groups in total. The second kappa shape index (κ2) is 5.78. The van der Waals surface area contributed by atoms with Gasteiger partial charge < -0.3 is 5.11 Å². The van der Waals surface area contributed by atoms with Gasteiger partial charge in [-0.25, -0.2) is 0 Å². The van der Waals surface area contributed by atoms with E-state index in [1.165, 1.54) is 10.2 Å². The van der Waals surface area contributed by atoms with E-state index < -0.39 is 0 Å². The number of aromatic nitrogens is 1. The Morgan fingerprint density at radius 1 is 1.17 bits per heavy atom. The fourth-order valence-corrected chi connectivity index (χ4v) is 1.77. The SMILES string of the molecule is CCc1cc[n+](/N=C(/[O-])c2ccc(Br)cc2)cc1. The normalized spacial score (nSPS) is 11.6. The molecule has 0 aliphatic heterocycles. The van der Waals surface area contributed by atoms with Gasteiger partial charge in [0.25, 0.3) is 0 Å². The summed E-state index contributed by atoms with van der Waals surface area (Å²) < 4.78 is 2.47. The summed E-state index contributed by atoms with van der Waals surface area (Å²) in [7, 11) is 0. The van der Waals surface area contributed by atoms with Crippen molar-refractivity contribution in [3.63, 3.8) is 0 Å². The summed E-state index contributed by atoms with van der Waals surface area (Å²) >= 11 is 3.33. The van der Waals surface area contributed by atoms with Gasteiger partial charge in [0.15, 0.2) is 0 Å². The molecule has 0 radical (unpaired) electrons. The lowest BCUT2D eigenvalue weighted by atomic mass is 10.2. The predicted octanol–water partition coefficient (Wildman–Crippen LogP) is 1.87. The largest absolute Gasteiger partial charge is 0.854 e. The van der Waals surface area contributed by atoms with Crippen molar-refractivity contribution >= 4 is 21.8 Å². The van der Waals surface area contributed by atoms with Crippen molar-refractivity contribution in [1.82, 2.24) is 0 Å². The molecular weight excluding hydrogens is 292 g/mol. The molecule has 0 atom stereocenters.